The lowest BCUT2D eigenvalue weighted by molar-refractivity contribution is -0.383. The first-order valence-electron chi connectivity index (χ1n) is 5.33. The Bertz CT molecular complexity index is 440. The predicted octanol–water partition coefficient (Wildman–Crippen LogP) is 2.95. The van der Waals surface area contributed by atoms with E-state index >= 15 is 0 Å². The summed E-state index contributed by atoms with van der Waals surface area (Å²) in [7, 11) is 1.81. The molecule has 0 bridgehead atoms. The zero-order valence-electron chi connectivity index (χ0n) is 10.4. The lowest BCUT2D eigenvalue weighted by Gasteiger charge is -2.18. The van der Waals surface area contributed by atoms with E-state index in [1.807, 2.05) is 25.8 Å². The average Bonchev–Trinajstić information content (AvgIpc) is 2.60. The summed E-state index contributed by atoms with van der Waals surface area (Å²) in [5.41, 5.74) is 0.0170. The summed E-state index contributed by atoms with van der Waals surface area (Å²) in [5.74, 6) is 0.268. The van der Waals surface area contributed by atoms with E-state index in [1.165, 1.54) is 24.3 Å². The minimum atomic E-state index is -0.435. The number of hydrogen-bond donors (Lipinski definition) is 0. The number of carbonyl (C=O) groups is 1. The van der Waals surface area contributed by atoms with Crippen LogP contribution in [0.4, 0.5) is 10.7 Å². The van der Waals surface area contributed by atoms with E-state index in [-0.39, 0.29) is 11.5 Å². The summed E-state index contributed by atoms with van der Waals surface area (Å²) in [4.78, 5) is 24.0. The molecular weight excluding hydrogens is 240 g/mol. The van der Waals surface area contributed by atoms with E-state index < -0.39 is 4.92 Å². The molecule has 0 radical (unpaired) electrons. The van der Waals surface area contributed by atoms with Crippen molar-refractivity contribution >= 4 is 27.8 Å². The molecule has 1 aromatic heterocycles. The topological polar surface area (TPSA) is 63.4 Å². The van der Waals surface area contributed by atoms with Gasteiger partial charge in [-0.3, -0.25) is 14.9 Å². The molecule has 0 aromatic carbocycles. The molecule has 1 aromatic rings. The van der Waals surface area contributed by atoms with E-state index in [0.717, 1.165) is 6.54 Å². The third kappa shape index (κ3) is 3.26. The van der Waals surface area contributed by atoms with Gasteiger partial charge in [-0.2, -0.15) is 0 Å². The van der Waals surface area contributed by atoms with E-state index in [1.54, 1.807) is 0 Å². The van der Waals surface area contributed by atoms with Gasteiger partial charge in [-0.15, -0.1) is 11.3 Å². The first-order chi connectivity index (χ1) is 7.82. The molecule has 1 rings (SSSR count). The first kappa shape index (κ1) is 13.6. The number of anilines is 1. The lowest BCUT2D eigenvalue weighted by Crippen LogP contribution is -2.22. The van der Waals surface area contributed by atoms with Gasteiger partial charge in [0.05, 0.1) is 9.80 Å². The average molecular weight is 256 g/mol. The van der Waals surface area contributed by atoms with Crippen LogP contribution in [0.3, 0.4) is 0 Å². The van der Waals surface area contributed by atoms with Crippen molar-refractivity contribution in [2.24, 2.45) is 5.92 Å². The monoisotopic (exact) mass is 256 g/mol. The molecule has 0 unspecified atom stereocenters. The molecule has 6 heteroatoms. The maximum atomic E-state index is 11.2. The summed E-state index contributed by atoms with van der Waals surface area (Å²) >= 11 is 1.18. The highest BCUT2D eigenvalue weighted by Crippen LogP contribution is 2.37. The number of nitrogens with zero attached hydrogens (tertiary/aromatic N) is 2. The minimum absolute atomic E-state index is 0.0170. The van der Waals surface area contributed by atoms with Gasteiger partial charge in [0.1, 0.15) is 0 Å². The third-order valence-electron chi connectivity index (χ3n) is 2.22. The number of nitro groups is 1. The van der Waals surface area contributed by atoms with Gasteiger partial charge in [0.2, 0.25) is 0 Å². The Morgan fingerprint density at radius 2 is 2.18 bits per heavy atom. The Labute approximate surface area is 104 Å². The fraction of sp³-hybridized carbons (Fsp3) is 0.545. The summed E-state index contributed by atoms with van der Waals surface area (Å²) < 4.78 is 0. The van der Waals surface area contributed by atoms with Crippen molar-refractivity contribution in [2.45, 2.75) is 20.8 Å². The Balaban J connectivity index is 3.12. The minimum Gasteiger partial charge on any atom is -0.361 e. The van der Waals surface area contributed by atoms with Crippen LogP contribution in [0, 0.1) is 16.0 Å². The van der Waals surface area contributed by atoms with Crippen molar-refractivity contribution in [2.75, 3.05) is 18.5 Å². The van der Waals surface area contributed by atoms with Crippen LogP contribution in [0.25, 0.3) is 0 Å². The quantitative estimate of drug-likeness (QED) is 0.461. The van der Waals surface area contributed by atoms with Gasteiger partial charge in [-0.05, 0) is 12.8 Å². The van der Waals surface area contributed by atoms with Crippen LogP contribution in [0.2, 0.25) is 0 Å². The number of rotatable bonds is 5. The maximum absolute atomic E-state index is 11.2. The highest BCUT2D eigenvalue weighted by Gasteiger charge is 2.23. The summed E-state index contributed by atoms with van der Waals surface area (Å²) in [5, 5.41) is 11.5. The molecule has 0 amide bonds. The zero-order valence-corrected chi connectivity index (χ0v) is 11.2. The number of thiophene rings is 1. The molecule has 0 N–H and O–H groups in total. The van der Waals surface area contributed by atoms with Gasteiger partial charge >= 0.3 is 5.69 Å². The summed E-state index contributed by atoms with van der Waals surface area (Å²) in [6, 6.07) is 1.36. The van der Waals surface area contributed by atoms with Crippen molar-refractivity contribution < 1.29 is 9.72 Å². The molecule has 0 aliphatic heterocycles. The van der Waals surface area contributed by atoms with Gasteiger partial charge in [0.15, 0.2) is 10.8 Å². The first-order valence-corrected chi connectivity index (χ1v) is 6.14. The second-order valence-electron chi connectivity index (χ2n) is 4.39. The largest absolute Gasteiger partial charge is 0.361 e. The Kier molecular flexibility index (Phi) is 4.22. The van der Waals surface area contributed by atoms with E-state index in [4.69, 9.17) is 0 Å². The number of carbonyl (C=O) groups excluding carboxylic acids is 1. The molecule has 1 heterocycles. The van der Waals surface area contributed by atoms with Gasteiger partial charge < -0.3 is 4.90 Å². The van der Waals surface area contributed by atoms with E-state index in [2.05, 4.69) is 0 Å². The molecule has 0 aliphatic rings. The Morgan fingerprint density at radius 1 is 1.59 bits per heavy atom. The van der Waals surface area contributed by atoms with Crippen molar-refractivity contribution in [3.63, 3.8) is 0 Å². The molecule has 0 spiro atoms. The molecule has 0 aliphatic carbocycles. The number of ketones is 1. The van der Waals surface area contributed by atoms with Gasteiger partial charge in [0, 0.05) is 19.7 Å². The van der Waals surface area contributed by atoms with Crippen LogP contribution in [0.5, 0.6) is 0 Å². The van der Waals surface area contributed by atoms with Crippen molar-refractivity contribution in [3.8, 4) is 0 Å². The molecule has 94 valence electrons. The molecule has 0 atom stereocenters. The zero-order chi connectivity index (χ0) is 13.2. The van der Waals surface area contributed by atoms with Crippen LogP contribution in [-0.4, -0.2) is 24.3 Å². The van der Waals surface area contributed by atoms with Crippen molar-refractivity contribution in [1.29, 1.82) is 0 Å². The molecule has 5 nitrogen and oxygen atoms in total. The predicted molar refractivity (Wildman–Crippen MR) is 69.1 cm³/mol. The smallest absolute Gasteiger partial charge is 0.304 e. The maximum Gasteiger partial charge on any atom is 0.304 e. The molecule has 17 heavy (non-hydrogen) atoms. The molecule has 0 fully saturated rings. The van der Waals surface area contributed by atoms with Gasteiger partial charge in [0.25, 0.3) is 0 Å². The second kappa shape index (κ2) is 5.27. The SMILES string of the molecule is CC(=O)c1cc([N+](=O)[O-])c(N(C)CC(C)C)s1. The second-order valence-corrected chi connectivity index (χ2v) is 5.42. The van der Waals surface area contributed by atoms with Crippen LogP contribution < -0.4 is 4.90 Å². The summed E-state index contributed by atoms with van der Waals surface area (Å²) in [6.07, 6.45) is 0. The van der Waals surface area contributed by atoms with Crippen LogP contribution in [-0.2, 0) is 0 Å². The van der Waals surface area contributed by atoms with E-state index in [0.29, 0.717) is 15.8 Å². The standard InChI is InChI=1S/C11H16N2O3S/c1-7(2)6-12(4)11-9(13(15)16)5-10(17-11)8(3)14/h5,7H,6H2,1-4H3. The van der Waals surface area contributed by atoms with Crippen molar-refractivity contribution in [1.82, 2.24) is 0 Å². The van der Waals surface area contributed by atoms with Crippen LogP contribution in [0.15, 0.2) is 6.07 Å². The highest BCUT2D eigenvalue weighted by molar-refractivity contribution is 7.18. The van der Waals surface area contributed by atoms with E-state index in [9.17, 15) is 14.9 Å². The fourth-order valence-corrected chi connectivity index (χ4v) is 2.57. The summed E-state index contributed by atoms with van der Waals surface area (Å²) in [6.45, 7) is 6.23. The lowest BCUT2D eigenvalue weighted by atomic mass is 10.2. The highest BCUT2D eigenvalue weighted by atomic mass is 32.1. The molecular formula is C11H16N2O3S. The fourth-order valence-electron chi connectivity index (χ4n) is 1.58. The third-order valence-corrected chi connectivity index (χ3v) is 3.56. The molecule has 0 saturated carbocycles. The Morgan fingerprint density at radius 3 is 2.59 bits per heavy atom. The van der Waals surface area contributed by atoms with Gasteiger partial charge in [-0.25, -0.2) is 0 Å². The Hall–Kier alpha value is -1.43. The number of Topliss-reactive ketones (excluding diaryl/α,β-unsaturated/α-hetero) is 1. The van der Waals surface area contributed by atoms with Gasteiger partial charge in [-0.1, -0.05) is 13.8 Å². The normalized spacial score (nSPS) is 10.6. The van der Waals surface area contributed by atoms with Crippen LogP contribution >= 0.6 is 11.3 Å². The van der Waals surface area contributed by atoms with Crippen molar-refractivity contribution in [3.05, 3.63) is 21.1 Å². The van der Waals surface area contributed by atoms with Crippen LogP contribution in [0.1, 0.15) is 30.4 Å². The number of hydrogen-bond acceptors (Lipinski definition) is 5. The molecule has 0 saturated heterocycles.